The van der Waals surface area contributed by atoms with E-state index in [-0.39, 0.29) is 18.3 Å². The van der Waals surface area contributed by atoms with Crippen LogP contribution in [0.2, 0.25) is 0 Å². The zero-order valence-electron chi connectivity index (χ0n) is 4.64. The molecule has 2 nitrogen and oxygen atoms in total. The van der Waals surface area contributed by atoms with Crippen LogP contribution in [0.1, 0.15) is 13.8 Å². The summed E-state index contributed by atoms with van der Waals surface area (Å²) in [4.78, 5) is 10.3. The van der Waals surface area contributed by atoms with Gasteiger partial charge in [0.1, 0.15) is 6.61 Å². The van der Waals surface area contributed by atoms with Gasteiger partial charge in [0.05, 0.1) is 0 Å². The molecule has 0 radical (unpaired) electrons. The van der Waals surface area contributed by atoms with E-state index in [4.69, 9.17) is 5.11 Å². The molecule has 0 aromatic rings. The molecule has 0 aromatic carbocycles. The summed E-state index contributed by atoms with van der Waals surface area (Å²) in [5.41, 5.74) is 0. The van der Waals surface area contributed by atoms with Gasteiger partial charge < -0.3 is 5.11 Å². The highest BCUT2D eigenvalue weighted by Gasteiger charge is 2.02. The summed E-state index contributed by atoms with van der Waals surface area (Å²) < 4.78 is 0. The van der Waals surface area contributed by atoms with E-state index in [1.807, 2.05) is 0 Å². The fourth-order valence-corrected chi connectivity index (χ4v) is 0.183. The number of hydrogen-bond donors (Lipinski definition) is 1. The molecule has 1 N–H and O–H groups in total. The van der Waals surface area contributed by atoms with Crippen molar-refractivity contribution in [1.82, 2.24) is 0 Å². The van der Waals surface area contributed by atoms with Crippen LogP contribution >= 0.6 is 0 Å². The van der Waals surface area contributed by atoms with E-state index >= 15 is 0 Å². The Balaban J connectivity index is 3.35. The Morgan fingerprint density at radius 2 is 2.14 bits per heavy atom. The maximum Gasteiger partial charge on any atom is 0.160 e. The number of aliphatic hydroxyl groups excluding tert-OH is 1. The third kappa shape index (κ3) is 2.34. The van der Waals surface area contributed by atoms with E-state index in [0.717, 1.165) is 0 Å². The number of carbonyl (C=O) groups excluding carboxylic acids is 1. The summed E-state index contributed by atoms with van der Waals surface area (Å²) in [7, 11) is 0. The molecule has 7 heavy (non-hydrogen) atoms. The number of hydrogen-bond acceptors (Lipinski definition) is 2. The third-order valence-corrected chi connectivity index (χ3v) is 0.800. The van der Waals surface area contributed by atoms with Crippen molar-refractivity contribution in [3.63, 3.8) is 0 Å². The Bertz CT molecular complexity index is 66.5. The Morgan fingerprint density at radius 3 is 2.14 bits per heavy atom. The van der Waals surface area contributed by atoms with Crippen LogP contribution in [0.5, 0.6) is 0 Å². The summed E-state index contributed by atoms with van der Waals surface area (Å²) in [6, 6.07) is 0. The normalized spacial score (nSPS) is 9.71. The fourth-order valence-electron chi connectivity index (χ4n) is 0.183. The first kappa shape index (κ1) is 6.63. The zero-order chi connectivity index (χ0) is 5.86. The minimum absolute atomic E-state index is 0.0231. The molecule has 42 valence electrons. The van der Waals surface area contributed by atoms with Crippen LogP contribution < -0.4 is 0 Å². The quantitative estimate of drug-likeness (QED) is 0.507. The van der Waals surface area contributed by atoms with Crippen LogP contribution in [-0.4, -0.2) is 17.5 Å². The number of rotatable bonds is 2. The van der Waals surface area contributed by atoms with Gasteiger partial charge in [0, 0.05) is 5.92 Å². The van der Waals surface area contributed by atoms with Gasteiger partial charge in [-0.25, -0.2) is 0 Å². The van der Waals surface area contributed by atoms with Crippen molar-refractivity contribution >= 4 is 5.78 Å². The predicted molar refractivity (Wildman–Crippen MR) is 26.9 cm³/mol. The summed E-state index contributed by atoms with van der Waals surface area (Å²) >= 11 is 0. The van der Waals surface area contributed by atoms with E-state index in [1.54, 1.807) is 13.8 Å². The first-order valence-electron chi connectivity index (χ1n) is 2.32. The second-order valence-electron chi connectivity index (χ2n) is 1.78. The molecule has 0 aromatic heterocycles. The van der Waals surface area contributed by atoms with Crippen LogP contribution in [0, 0.1) is 5.92 Å². The van der Waals surface area contributed by atoms with Crippen LogP contribution in [-0.2, 0) is 4.79 Å². The van der Waals surface area contributed by atoms with Gasteiger partial charge in [-0.15, -0.1) is 0 Å². The molecule has 0 heterocycles. The SMILES string of the molecule is CC(C)C(=O)[13CH2]O. The van der Waals surface area contributed by atoms with Gasteiger partial charge >= 0.3 is 0 Å². The van der Waals surface area contributed by atoms with E-state index in [1.165, 1.54) is 0 Å². The largest absolute Gasteiger partial charge is 0.389 e. The third-order valence-electron chi connectivity index (χ3n) is 0.800. The van der Waals surface area contributed by atoms with Crippen LogP contribution in [0.15, 0.2) is 0 Å². The van der Waals surface area contributed by atoms with Crippen molar-refractivity contribution < 1.29 is 9.90 Å². The molecule has 0 aliphatic heterocycles. The minimum Gasteiger partial charge on any atom is -0.389 e. The van der Waals surface area contributed by atoms with Crippen molar-refractivity contribution in [3.8, 4) is 0 Å². The van der Waals surface area contributed by atoms with Gasteiger partial charge in [-0.2, -0.15) is 0 Å². The van der Waals surface area contributed by atoms with E-state index in [9.17, 15) is 4.79 Å². The van der Waals surface area contributed by atoms with Crippen molar-refractivity contribution in [2.24, 2.45) is 5.92 Å². The van der Waals surface area contributed by atoms with Gasteiger partial charge in [0.15, 0.2) is 5.78 Å². The topological polar surface area (TPSA) is 37.3 Å². The standard InChI is InChI=1S/C5H10O2/c1-4(2)5(7)3-6/h4,6H,3H2,1-2H3/i3+1. The average molecular weight is 103 g/mol. The molecule has 0 aliphatic rings. The van der Waals surface area contributed by atoms with Crippen LogP contribution in [0.25, 0.3) is 0 Å². The molecule has 2 heteroatoms. The second-order valence-corrected chi connectivity index (χ2v) is 1.78. The molecule has 0 aliphatic carbocycles. The molecule has 0 saturated heterocycles. The molecule has 0 bridgehead atoms. The molecule has 0 saturated carbocycles. The summed E-state index contributed by atoms with van der Waals surface area (Å²) in [6.07, 6.45) is 0. The fraction of sp³-hybridized carbons (Fsp3) is 0.800. The monoisotopic (exact) mass is 103 g/mol. The molecule has 0 rings (SSSR count). The molecule has 0 atom stereocenters. The summed E-state index contributed by atoms with van der Waals surface area (Å²) in [5.74, 6) is -0.120. The van der Waals surface area contributed by atoms with E-state index in [2.05, 4.69) is 0 Å². The van der Waals surface area contributed by atoms with Gasteiger partial charge in [-0.3, -0.25) is 4.79 Å². The average Bonchev–Trinajstić information content (AvgIpc) is 1.65. The first-order chi connectivity index (χ1) is 3.18. The molecule has 0 unspecified atom stereocenters. The lowest BCUT2D eigenvalue weighted by molar-refractivity contribution is -0.124. The van der Waals surface area contributed by atoms with Gasteiger partial charge in [0.2, 0.25) is 0 Å². The Hall–Kier alpha value is -0.370. The smallest absolute Gasteiger partial charge is 0.160 e. The molecular formula is C5H10O2. The summed E-state index contributed by atoms with van der Waals surface area (Å²) in [5, 5.41) is 8.16. The van der Waals surface area contributed by atoms with Gasteiger partial charge in [-0.05, 0) is 0 Å². The second kappa shape index (κ2) is 2.75. The number of ketones is 1. The van der Waals surface area contributed by atoms with Crippen molar-refractivity contribution in [2.75, 3.05) is 6.61 Å². The Kier molecular flexibility index (Phi) is 2.60. The van der Waals surface area contributed by atoms with Crippen molar-refractivity contribution in [1.29, 1.82) is 0 Å². The highest BCUT2D eigenvalue weighted by atomic mass is 16.3. The molecular weight excluding hydrogens is 93.0 g/mol. The maximum absolute atomic E-state index is 10.3. The van der Waals surface area contributed by atoms with Crippen molar-refractivity contribution in [2.45, 2.75) is 13.8 Å². The Morgan fingerprint density at radius 1 is 1.71 bits per heavy atom. The maximum atomic E-state index is 10.3. The number of carbonyl (C=O) groups is 1. The van der Waals surface area contributed by atoms with Crippen molar-refractivity contribution in [3.05, 3.63) is 0 Å². The lowest BCUT2D eigenvalue weighted by Gasteiger charge is -1.95. The highest BCUT2D eigenvalue weighted by molar-refractivity contribution is 5.81. The number of aliphatic hydroxyl groups is 1. The van der Waals surface area contributed by atoms with Gasteiger partial charge in [0.25, 0.3) is 0 Å². The number of Topliss-reactive ketones (excluding diaryl/α,β-unsaturated/α-hetero) is 1. The summed E-state index contributed by atoms with van der Waals surface area (Å²) in [6.45, 7) is 3.20. The highest BCUT2D eigenvalue weighted by Crippen LogP contribution is 1.90. The van der Waals surface area contributed by atoms with E-state index in [0.29, 0.717) is 0 Å². The lowest BCUT2D eigenvalue weighted by Crippen LogP contribution is -2.10. The molecule has 0 spiro atoms. The van der Waals surface area contributed by atoms with E-state index < -0.39 is 0 Å². The van der Waals surface area contributed by atoms with Crippen LogP contribution in [0.3, 0.4) is 0 Å². The molecule has 0 fully saturated rings. The predicted octanol–water partition coefficient (Wildman–Crippen LogP) is 0.204. The zero-order valence-corrected chi connectivity index (χ0v) is 4.64. The lowest BCUT2D eigenvalue weighted by atomic mass is 10.2. The molecule has 0 amide bonds. The van der Waals surface area contributed by atoms with Crippen LogP contribution in [0.4, 0.5) is 0 Å². The minimum atomic E-state index is -0.322. The Labute approximate surface area is 43.2 Å². The van der Waals surface area contributed by atoms with Gasteiger partial charge in [-0.1, -0.05) is 13.8 Å². The first-order valence-corrected chi connectivity index (χ1v) is 2.32.